The van der Waals surface area contributed by atoms with Gasteiger partial charge in [0.1, 0.15) is 0 Å². The summed E-state index contributed by atoms with van der Waals surface area (Å²) in [6.07, 6.45) is 4.73. The maximum Gasteiger partial charge on any atom is 0.0726 e. The van der Waals surface area contributed by atoms with E-state index in [0.29, 0.717) is 5.92 Å². The first-order valence-electron chi connectivity index (χ1n) is 22.1. The van der Waals surface area contributed by atoms with Gasteiger partial charge in [0.2, 0.25) is 0 Å². The predicted molar refractivity (Wildman–Crippen MR) is 251 cm³/mol. The fourth-order valence-electron chi connectivity index (χ4n) is 12.0. The molecule has 1 spiro atoms. The minimum absolute atomic E-state index is 0.128. The molecule has 1 heteroatoms. The normalized spacial score (nSPS) is 15.5. The van der Waals surface area contributed by atoms with Gasteiger partial charge in [-0.1, -0.05) is 161 Å². The van der Waals surface area contributed by atoms with Gasteiger partial charge in [0, 0.05) is 22.4 Å². The van der Waals surface area contributed by atoms with Crippen molar-refractivity contribution in [3.8, 4) is 44.5 Å². The number of para-hydroxylation sites is 1. The van der Waals surface area contributed by atoms with Crippen LogP contribution in [0.3, 0.4) is 0 Å². The Balaban J connectivity index is 1.23. The summed E-state index contributed by atoms with van der Waals surface area (Å²) in [4.78, 5) is 2.60. The highest BCUT2D eigenvalue weighted by molar-refractivity contribution is 6.01. The molecule has 0 saturated carbocycles. The van der Waals surface area contributed by atoms with Crippen molar-refractivity contribution in [3.05, 3.63) is 220 Å². The Labute approximate surface area is 355 Å². The zero-order chi connectivity index (χ0) is 40.3. The molecule has 0 amide bonds. The first-order chi connectivity index (χ1) is 29.4. The van der Waals surface area contributed by atoms with Crippen LogP contribution in [-0.2, 0) is 23.7 Å². The summed E-state index contributed by atoms with van der Waals surface area (Å²) in [6.45, 7) is 9.56. The Bertz CT molecular complexity index is 3010. The third-order valence-electron chi connectivity index (χ3n) is 14.7. The van der Waals surface area contributed by atoms with Gasteiger partial charge in [0.05, 0.1) is 11.1 Å². The lowest BCUT2D eigenvalue weighted by molar-refractivity contribution is 0.660. The molecule has 0 fully saturated rings. The summed E-state index contributed by atoms with van der Waals surface area (Å²) in [7, 11) is 0. The average Bonchev–Trinajstić information content (AvgIpc) is 3.84. The lowest BCUT2D eigenvalue weighted by Gasteiger charge is -2.35. The quantitative estimate of drug-likeness (QED) is 0.168. The van der Waals surface area contributed by atoms with Crippen molar-refractivity contribution in [3.63, 3.8) is 0 Å². The van der Waals surface area contributed by atoms with Crippen LogP contribution in [0.2, 0.25) is 0 Å². The van der Waals surface area contributed by atoms with E-state index in [-0.39, 0.29) is 5.41 Å². The van der Waals surface area contributed by atoms with Crippen LogP contribution in [0.5, 0.6) is 0 Å². The van der Waals surface area contributed by atoms with Crippen LogP contribution in [0.1, 0.15) is 96.5 Å². The highest BCUT2D eigenvalue weighted by Gasteiger charge is 2.52. The van der Waals surface area contributed by atoms with Crippen molar-refractivity contribution in [2.45, 2.75) is 70.1 Å². The van der Waals surface area contributed by atoms with E-state index in [9.17, 15) is 0 Å². The van der Waals surface area contributed by atoms with E-state index in [0.717, 1.165) is 12.8 Å². The van der Waals surface area contributed by atoms with E-state index >= 15 is 0 Å². The molecule has 0 heterocycles. The third-order valence-corrected chi connectivity index (χ3v) is 14.7. The summed E-state index contributed by atoms with van der Waals surface area (Å²) in [5.41, 5.74) is 26.6. The standard InChI is InChI=1S/C59H49N/c1-37(2)41-32-30-38-18-8-9-21-42(38)57(41)49-35-48-46-25-13-17-29-53(46)59(51-27-15-11-23-44(51)45-24-12-16-28-52(45)59)55(48)36-56(49)60(39-19-6-5-7-20-39)40-31-33-47-43-22-10-14-26-50(43)58(3,4)54(47)34-40/h5-7,10-17,19-20,22-37H,8-9,18,21H2,1-4H3. The van der Waals surface area contributed by atoms with Crippen molar-refractivity contribution in [1.82, 2.24) is 0 Å². The second kappa shape index (κ2) is 13.0. The lowest BCUT2D eigenvalue weighted by Crippen LogP contribution is -2.26. The zero-order valence-electron chi connectivity index (χ0n) is 35.0. The molecule has 4 aliphatic rings. The van der Waals surface area contributed by atoms with E-state index < -0.39 is 5.41 Å². The van der Waals surface area contributed by atoms with Crippen LogP contribution in [0.25, 0.3) is 44.5 Å². The maximum absolute atomic E-state index is 2.63. The second-order valence-electron chi connectivity index (χ2n) is 18.4. The van der Waals surface area contributed by atoms with Crippen molar-refractivity contribution in [2.75, 3.05) is 4.90 Å². The van der Waals surface area contributed by atoms with Crippen molar-refractivity contribution >= 4 is 17.1 Å². The third kappa shape index (κ3) is 4.75. The van der Waals surface area contributed by atoms with Gasteiger partial charge in [-0.2, -0.15) is 0 Å². The van der Waals surface area contributed by atoms with E-state index in [1.807, 2.05) is 0 Å². The van der Waals surface area contributed by atoms with Crippen molar-refractivity contribution in [2.24, 2.45) is 0 Å². The average molecular weight is 772 g/mol. The molecule has 4 aliphatic carbocycles. The van der Waals surface area contributed by atoms with Crippen molar-refractivity contribution in [1.29, 1.82) is 0 Å². The highest BCUT2D eigenvalue weighted by atomic mass is 15.1. The molecule has 0 aliphatic heterocycles. The number of rotatable bonds is 5. The molecule has 290 valence electrons. The highest BCUT2D eigenvalue weighted by Crippen LogP contribution is 2.64. The monoisotopic (exact) mass is 771 g/mol. The van der Waals surface area contributed by atoms with E-state index in [4.69, 9.17) is 0 Å². The Morgan fingerprint density at radius 1 is 0.433 bits per heavy atom. The van der Waals surface area contributed by atoms with Crippen molar-refractivity contribution < 1.29 is 0 Å². The van der Waals surface area contributed by atoms with Gasteiger partial charge in [0.25, 0.3) is 0 Å². The predicted octanol–water partition coefficient (Wildman–Crippen LogP) is 15.5. The molecule has 8 aromatic carbocycles. The van der Waals surface area contributed by atoms with Crippen LogP contribution in [0, 0.1) is 0 Å². The molecule has 0 radical (unpaired) electrons. The van der Waals surface area contributed by atoms with Gasteiger partial charge in [0.15, 0.2) is 0 Å². The van der Waals surface area contributed by atoms with E-state index in [1.54, 1.807) is 5.56 Å². The minimum Gasteiger partial charge on any atom is -0.310 e. The van der Waals surface area contributed by atoms with Gasteiger partial charge in [-0.05, 0) is 157 Å². The van der Waals surface area contributed by atoms with Crippen LogP contribution >= 0.6 is 0 Å². The van der Waals surface area contributed by atoms with E-state index in [1.165, 1.54) is 119 Å². The Morgan fingerprint density at radius 2 is 0.983 bits per heavy atom. The number of nitrogens with zero attached hydrogens (tertiary/aromatic N) is 1. The van der Waals surface area contributed by atoms with Crippen LogP contribution in [-0.4, -0.2) is 0 Å². The van der Waals surface area contributed by atoms with Gasteiger partial charge < -0.3 is 4.90 Å². The Hall–Kier alpha value is -6.44. The van der Waals surface area contributed by atoms with Crippen LogP contribution < -0.4 is 4.90 Å². The topological polar surface area (TPSA) is 3.24 Å². The molecular weight excluding hydrogens is 723 g/mol. The molecule has 0 saturated heterocycles. The molecular formula is C59H49N. The Morgan fingerprint density at radius 3 is 1.63 bits per heavy atom. The van der Waals surface area contributed by atoms with E-state index in [2.05, 4.69) is 202 Å². The number of hydrogen-bond acceptors (Lipinski definition) is 1. The summed E-state index contributed by atoms with van der Waals surface area (Å²) >= 11 is 0. The SMILES string of the molecule is CC(C)c1ccc2c(c1-c1cc3c(cc1N(c1ccccc1)c1ccc4c(c1)C(C)(C)c1ccccc1-4)C1(c4ccccc4-c4ccccc41)c1ccccc1-3)CCCC2. The first kappa shape index (κ1) is 35.5. The molecule has 0 bridgehead atoms. The van der Waals surface area contributed by atoms with Gasteiger partial charge in [-0.25, -0.2) is 0 Å². The van der Waals surface area contributed by atoms with Gasteiger partial charge in [-0.15, -0.1) is 0 Å². The number of fused-ring (bicyclic) bond motifs is 14. The first-order valence-corrected chi connectivity index (χ1v) is 22.1. The summed E-state index contributed by atoms with van der Waals surface area (Å²) in [6, 6.07) is 65.3. The lowest BCUT2D eigenvalue weighted by atomic mass is 9.70. The molecule has 12 rings (SSSR count). The second-order valence-corrected chi connectivity index (χ2v) is 18.4. The minimum atomic E-state index is -0.451. The molecule has 8 aromatic rings. The number of benzene rings is 8. The number of aryl methyl sites for hydroxylation is 1. The summed E-state index contributed by atoms with van der Waals surface area (Å²) in [5, 5.41) is 0. The van der Waals surface area contributed by atoms with Crippen LogP contribution in [0.4, 0.5) is 17.1 Å². The fourth-order valence-corrected chi connectivity index (χ4v) is 12.0. The summed E-state index contributed by atoms with van der Waals surface area (Å²) in [5.74, 6) is 0.366. The fraction of sp³-hybridized carbons (Fsp3) is 0.186. The smallest absolute Gasteiger partial charge is 0.0726 e. The maximum atomic E-state index is 2.63. The molecule has 0 atom stereocenters. The molecule has 1 nitrogen and oxygen atoms in total. The largest absolute Gasteiger partial charge is 0.310 e. The van der Waals surface area contributed by atoms with Crippen LogP contribution in [0.15, 0.2) is 170 Å². The summed E-state index contributed by atoms with van der Waals surface area (Å²) < 4.78 is 0. The molecule has 60 heavy (non-hydrogen) atoms. The zero-order valence-corrected chi connectivity index (χ0v) is 35.0. The molecule has 0 aromatic heterocycles. The number of anilines is 3. The van der Waals surface area contributed by atoms with Gasteiger partial charge in [-0.3, -0.25) is 0 Å². The molecule has 0 N–H and O–H groups in total. The number of hydrogen-bond donors (Lipinski definition) is 0. The molecule has 0 unspecified atom stereocenters. The Kier molecular flexibility index (Phi) is 7.71. The van der Waals surface area contributed by atoms with Gasteiger partial charge >= 0.3 is 0 Å².